The Labute approximate surface area is 201 Å². The highest BCUT2D eigenvalue weighted by molar-refractivity contribution is 5.64. The van der Waals surface area contributed by atoms with Gasteiger partial charge >= 0.3 is 6.09 Å². The van der Waals surface area contributed by atoms with Crippen LogP contribution < -0.4 is 28.7 Å². The first-order valence-electron chi connectivity index (χ1n) is 11.3. The summed E-state index contributed by atoms with van der Waals surface area (Å²) in [5, 5.41) is 51.1. The summed E-state index contributed by atoms with van der Waals surface area (Å²) in [5.74, 6) is 0. The first kappa shape index (κ1) is 28.3. The van der Waals surface area contributed by atoms with Gasteiger partial charge in [0.2, 0.25) is 0 Å². The fourth-order valence-corrected chi connectivity index (χ4v) is 4.53. The second kappa shape index (κ2) is 11.9. The van der Waals surface area contributed by atoms with E-state index >= 15 is 0 Å². The molecule has 16 nitrogen and oxygen atoms in total. The second-order valence-corrected chi connectivity index (χ2v) is 9.18. The number of carbonyl (C=O) groups excluding carboxylic acids is 1. The number of nitrogens with two attached hydrogens (primary N) is 5. The average molecular weight is 512 g/mol. The van der Waals surface area contributed by atoms with Crippen LogP contribution in [0.1, 0.15) is 12.8 Å². The quantitative estimate of drug-likeness (QED) is 0.152. The number of aliphatic hydroxyl groups is 5. The van der Waals surface area contributed by atoms with Crippen LogP contribution >= 0.6 is 0 Å². The standard InChI is InChI=1S/C19H37N5O11/c20-5-1-6(21)16(14(29)15(5)34-17-7(22)2-8(26)9(3-25)32-17)35-18-13(28)11(23)12(27)10(33-18)4-31-19(24)30/h5-18,25-29H,1-4,20-23H2,(H2,24,30)/t5-,6+,7+,8-,9+,10+,11-,12+,13+,14-,15+,16-,17+,18+/m0/s1. The largest absolute Gasteiger partial charge is 0.447 e. The Kier molecular flexibility index (Phi) is 9.60. The van der Waals surface area contributed by atoms with Crippen molar-refractivity contribution in [3.8, 4) is 0 Å². The molecular weight excluding hydrogens is 474 g/mol. The number of hydrogen-bond donors (Lipinski definition) is 10. The van der Waals surface area contributed by atoms with E-state index in [0.717, 1.165) is 0 Å². The van der Waals surface area contributed by atoms with E-state index in [1.807, 2.05) is 0 Å². The van der Waals surface area contributed by atoms with Crippen LogP contribution in [0, 0.1) is 0 Å². The Morgan fingerprint density at radius 2 is 1.37 bits per heavy atom. The molecule has 2 saturated heterocycles. The van der Waals surface area contributed by atoms with Gasteiger partial charge in [-0.15, -0.1) is 0 Å². The van der Waals surface area contributed by atoms with Gasteiger partial charge in [-0.3, -0.25) is 0 Å². The van der Waals surface area contributed by atoms with E-state index in [-0.39, 0.29) is 12.8 Å². The number of amides is 1. The predicted molar refractivity (Wildman–Crippen MR) is 115 cm³/mol. The van der Waals surface area contributed by atoms with Gasteiger partial charge in [-0.25, -0.2) is 4.79 Å². The molecule has 2 heterocycles. The predicted octanol–water partition coefficient (Wildman–Crippen LogP) is -6.16. The lowest BCUT2D eigenvalue weighted by Gasteiger charge is -2.47. The summed E-state index contributed by atoms with van der Waals surface area (Å²) in [4.78, 5) is 10.9. The summed E-state index contributed by atoms with van der Waals surface area (Å²) in [7, 11) is 0. The summed E-state index contributed by atoms with van der Waals surface area (Å²) in [5.41, 5.74) is 29.1. The van der Waals surface area contributed by atoms with Crippen LogP contribution in [0.25, 0.3) is 0 Å². The minimum absolute atomic E-state index is 0.0878. The van der Waals surface area contributed by atoms with Crippen molar-refractivity contribution in [2.24, 2.45) is 28.7 Å². The lowest BCUT2D eigenvalue weighted by atomic mass is 9.84. The molecule has 16 heteroatoms. The molecule has 14 atom stereocenters. The van der Waals surface area contributed by atoms with Crippen molar-refractivity contribution < 1.29 is 54.0 Å². The van der Waals surface area contributed by atoms with Crippen molar-refractivity contribution in [2.45, 2.75) is 98.4 Å². The van der Waals surface area contributed by atoms with Gasteiger partial charge in [-0.1, -0.05) is 0 Å². The maximum absolute atomic E-state index is 11.0. The van der Waals surface area contributed by atoms with Gasteiger partial charge in [0.15, 0.2) is 12.6 Å². The Morgan fingerprint density at radius 1 is 0.800 bits per heavy atom. The van der Waals surface area contributed by atoms with Crippen molar-refractivity contribution in [3.63, 3.8) is 0 Å². The number of carbonyl (C=O) groups is 1. The first-order valence-corrected chi connectivity index (χ1v) is 11.3. The van der Waals surface area contributed by atoms with Gasteiger partial charge < -0.3 is 77.9 Å². The van der Waals surface area contributed by atoms with E-state index in [9.17, 15) is 30.3 Å². The fraction of sp³-hybridized carbons (Fsp3) is 0.947. The van der Waals surface area contributed by atoms with Gasteiger partial charge in [0.1, 0.15) is 49.3 Å². The monoisotopic (exact) mass is 511 g/mol. The third-order valence-corrected chi connectivity index (χ3v) is 6.57. The zero-order valence-corrected chi connectivity index (χ0v) is 19.0. The lowest BCUT2D eigenvalue weighted by molar-refractivity contribution is -0.315. The molecule has 35 heavy (non-hydrogen) atoms. The molecule has 3 aliphatic rings. The number of aliphatic hydroxyl groups excluding tert-OH is 5. The molecular formula is C19H37N5O11. The van der Waals surface area contributed by atoms with Gasteiger partial charge in [0.25, 0.3) is 0 Å². The Hall–Kier alpha value is -1.25. The van der Waals surface area contributed by atoms with E-state index in [2.05, 4.69) is 4.74 Å². The van der Waals surface area contributed by atoms with Gasteiger partial charge in [-0.2, -0.15) is 0 Å². The van der Waals surface area contributed by atoms with Crippen molar-refractivity contribution in [1.82, 2.24) is 0 Å². The van der Waals surface area contributed by atoms with Crippen LogP contribution in [0.3, 0.4) is 0 Å². The van der Waals surface area contributed by atoms with Crippen molar-refractivity contribution in [1.29, 1.82) is 0 Å². The molecule has 2 aliphatic heterocycles. The SMILES string of the molecule is NC(=O)OC[C@H]1O[C@H](O[C@@H]2[C@@H](O)[C@H](O[C@H]3O[C@H](CO)[C@@H](O)C[C@H]3N)[C@@H](N)C[C@H]2N)[C@H](O)[C@@H](N)[C@@H]1O. The summed E-state index contributed by atoms with van der Waals surface area (Å²) in [6, 6.07) is -3.58. The topological polar surface area (TPSA) is 294 Å². The van der Waals surface area contributed by atoms with E-state index in [1.54, 1.807) is 0 Å². The van der Waals surface area contributed by atoms with Crippen LogP contribution in [0.5, 0.6) is 0 Å². The van der Waals surface area contributed by atoms with Crippen LogP contribution in [-0.2, 0) is 23.7 Å². The molecule has 0 spiro atoms. The average Bonchev–Trinajstić information content (AvgIpc) is 2.79. The van der Waals surface area contributed by atoms with Crippen LogP contribution in [0.15, 0.2) is 0 Å². The van der Waals surface area contributed by atoms with Crippen molar-refractivity contribution >= 4 is 6.09 Å². The van der Waals surface area contributed by atoms with E-state index < -0.39 is 105 Å². The van der Waals surface area contributed by atoms with E-state index in [4.69, 9.17) is 47.6 Å². The Balaban J connectivity index is 1.70. The highest BCUT2D eigenvalue weighted by Crippen LogP contribution is 2.31. The molecule has 0 aromatic heterocycles. The molecule has 0 bridgehead atoms. The maximum atomic E-state index is 11.0. The number of hydrogen-bond acceptors (Lipinski definition) is 15. The van der Waals surface area contributed by atoms with Gasteiger partial charge in [0.05, 0.1) is 24.8 Å². The lowest BCUT2D eigenvalue weighted by Crippen LogP contribution is -2.68. The molecule has 3 rings (SSSR count). The first-order chi connectivity index (χ1) is 16.4. The molecule has 0 unspecified atom stereocenters. The number of ether oxygens (including phenoxy) is 5. The molecule has 0 aromatic carbocycles. The Bertz CT molecular complexity index is 710. The summed E-state index contributed by atoms with van der Waals surface area (Å²) in [6.45, 7) is -0.922. The summed E-state index contributed by atoms with van der Waals surface area (Å²) in [6.07, 6.45) is -13.1. The van der Waals surface area contributed by atoms with Gasteiger partial charge in [0, 0.05) is 12.1 Å². The highest BCUT2D eigenvalue weighted by Gasteiger charge is 2.50. The Morgan fingerprint density at radius 3 is 1.94 bits per heavy atom. The van der Waals surface area contributed by atoms with E-state index in [1.165, 1.54) is 0 Å². The molecule has 1 amide bonds. The highest BCUT2D eigenvalue weighted by atomic mass is 16.7. The summed E-state index contributed by atoms with van der Waals surface area (Å²) >= 11 is 0. The van der Waals surface area contributed by atoms with Gasteiger partial charge in [-0.05, 0) is 12.8 Å². The molecule has 3 fully saturated rings. The molecule has 204 valence electrons. The molecule has 1 saturated carbocycles. The fourth-order valence-electron chi connectivity index (χ4n) is 4.53. The number of rotatable bonds is 7. The molecule has 15 N–H and O–H groups in total. The van der Waals surface area contributed by atoms with Crippen molar-refractivity contribution in [3.05, 3.63) is 0 Å². The molecule has 0 radical (unpaired) electrons. The number of primary amides is 1. The van der Waals surface area contributed by atoms with Crippen LogP contribution in [0.2, 0.25) is 0 Å². The maximum Gasteiger partial charge on any atom is 0.404 e. The second-order valence-electron chi connectivity index (χ2n) is 9.18. The minimum Gasteiger partial charge on any atom is -0.447 e. The molecule has 1 aliphatic carbocycles. The summed E-state index contributed by atoms with van der Waals surface area (Å²) < 4.78 is 27.3. The van der Waals surface area contributed by atoms with Crippen molar-refractivity contribution in [2.75, 3.05) is 13.2 Å². The zero-order chi connectivity index (χ0) is 26.0. The van der Waals surface area contributed by atoms with E-state index in [0.29, 0.717) is 0 Å². The van der Waals surface area contributed by atoms with Crippen LogP contribution in [-0.4, -0.2) is 130 Å². The normalized spacial score (nSPS) is 48.9. The third-order valence-electron chi connectivity index (χ3n) is 6.57. The van der Waals surface area contributed by atoms with Crippen LogP contribution in [0.4, 0.5) is 4.79 Å². The minimum atomic E-state index is -1.52. The molecule has 0 aromatic rings. The third kappa shape index (κ3) is 6.37. The smallest absolute Gasteiger partial charge is 0.404 e. The zero-order valence-electron chi connectivity index (χ0n) is 19.0.